The molecule has 0 spiro atoms. The molecule has 0 aromatic carbocycles. The molecule has 20 heavy (non-hydrogen) atoms. The number of aliphatic carboxylic acids is 1. The van der Waals surface area contributed by atoms with Gasteiger partial charge in [0.2, 0.25) is 0 Å². The molecule has 0 aliphatic heterocycles. The summed E-state index contributed by atoms with van der Waals surface area (Å²) in [6.07, 6.45) is 3.85. The zero-order chi connectivity index (χ0) is 14.7. The summed E-state index contributed by atoms with van der Waals surface area (Å²) >= 11 is 13.9. The van der Waals surface area contributed by atoms with Crippen molar-refractivity contribution in [1.29, 1.82) is 0 Å². The lowest BCUT2D eigenvalue weighted by Gasteiger charge is -1.98. The number of nitrogens with one attached hydrogen (secondary N) is 1. The Labute approximate surface area is 131 Å². The Balaban J connectivity index is 2.09. The molecule has 0 atom stereocenters. The van der Waals surface area contributed by atoms with E-state index in [1.54, 1.807) is 0 Å². The number of carboxylic acid groups (broad SMARTS) is 1. The second-order valence-corrected chi connectivity index (χ2v) is 6.78. The van der Waals surface area contributed by atoms with Crippen LogP contribution in [-0.2, 0) is 4.79 Å². The molecule has 0 aliphatic carbocycles. The minimum Gasteiger partial charge on any atom is -0.478 e. The van der Waals surface area contributed by atoms with Gasteiger partial charge in [0.25, 0.3) is 5.91 Å². The van der Waals surface area contributed by atoms with Gasteiger partial charge in [0.15, 0.2) is 5.13 Å². The van der Waals surface area contributed by atoms with E-state index < -0.39 is 11.9 Å². The summed E-state index contributed by atoms with van der Waals surface area (Å²) in [7, 11) is 0. The smallest absolute Gasteiger partial charge is 0.328 e. The average Bonchev–Trinajstić information content (AvgIpc) is 2.93. The molecule has 0 radical (unpaired) electrons. The van der Waals surface area contributed by atoms with Gasteiger partial charge in [-0.2, -0.15) is 0 Å². The van der Waals surface area contributed by atoms with Gasteiger partial charge in [0.1, 0.15) is 4.34 Å². The van der Waals surface area contributed by atoms with Crippen molar-refractivity contribution in [3.63, 3.8) is 0 Å². The first-order valence-electron chi connectivity index (χ1n) is 5.08. The Morgan fingerprint density at radius 3 is 2.70 bits per heavy atom. The number of hydrogen-bond donors (Lipinski definition) is 2. The maximum atomic E-state index is 11.9. The molecule has 9 heteroatoms. The van der Waals surface area contributed by atoms with Crippen LogP contribution in [-0.4, -0.2) is 22.0 Å². The van der Waals surface area contributed by atoms with Gasteiger partial charge in [0.05, 0.1) is 9.90 Å². The average molecular weight is 349 g/mol. The Kier molecular flexibility index (Phi) is 4.77. The topological polar surface area (TPSA) is 79.3 Å². The highest BCUT2D eigenvalue weighted by Gasteiger charge is 2.15. The Morgan fingerprint density at radius 2 is 2.10 bits per heavy atom. The van der Waals surface area contributed by atoms with Crippen molar-refractivity contribution in [2.45, 2.75) is 0 Å². The third kappa shape index (κ3) is 3.80. The summed E-state index contributed by atoms with van der Waals surface area (Å²) < 4.78 is 0.722. The van der Waals surface area contributed by atoms with E-state index >= 15 is 0 Å². The molecule has 104 valence electrons. The van der Waals surface area contributed by atoms with Crippen LogP contribution >= 0.6 is 45.9 Å². The van der Waals surface area contributed by atoms with E-state index in [1.165, 1.54) is 18.3 Å². The fourth-order valence-corrected chi connectivity index (χ4v) is 3.41. The predicted molar refractivity (Wildman–Crippen MR) is 81.1 cm³/mol. The molecular formula is C11H6Cl2N2O3S2. The number of nitrogens with zero attached hydrogens (tertiary/aromatic N) is 1. The Hall–Kier alpha value is -1.41. The van der Waals surface area contributed by atoms with Gasteiger partial charge in [-0.1, -0.05) is 34.5 Å². The second kappa shape index (κ2) is 6.36. The molecular weight excluding hydrogens is 343 g/mol. The van der Waals surface area contributed by atoms with Crippen LogP contribution in [0.25, 0.3) is 6.08 Å². The molecule has 2 N–H and O–H groups in total. The van der Waals surface area contributed by atoms with Crippen LogP contribution < -0.4 is 5.32 Å². The van der Waals surface area contributed by atoms with Gasteiger partial charge in [-0.15, -0.1) is 11.3 Å². The summed E-state index contributed by atoms with van der Waals surface area (Å²) in [4.78, 5) is 26.9. The van der Waals surface area contributed by atoms with E-state index in [0.717, 1.165) is 28.7 Å². The Bertz CT molecular complexity index is 694. The van der Waals surface area contributed by atoms with Crippen LogP contribution in [0.4, 0.5) is 5.13 Å². The van der Waals surface area contributed by atoms with Crippen LogP contribution in [0.15, 0.2) is 18.3 Å². The summed E-state index contributed by atoms with van der Waals surface area (Å²) in [5, 5.41) is 11.4. The Morgan fingerprint density at radius 1 is 1.35 bits per heavy atom. The number of aromatic nitrogens is 1. The van der Waals surface area contributed by atoms with E-state index in [0.29, 0.717) is 18.7 Å². The van der Waals surface area contributed by atoms with Crippen LogP contribution in [0.3, 0.4) is 0 Å². The highest BCUT2D eigenvalue weighted by molar-refractivity contribution is 7.20. The van der Waals surface area contributed by atoms with Gasteiger partial charge in [-0.25, -0.2) is 9.78 Å². The third-order valence-corrected chi connectivity index (χ3v) is 4.40. The van der Waals surface area contributed by atoms with Gasteiger partial charge >= 0.3 is 5.97 Å². The van der Waals surface area contributed by atoms with Crippen LogP contribution in [0.1, 0.15) is 15.2 Å². The minimum absolute atomic E-state index is 0.277. The highest BCUT2D eigenvalue weighted by Crippen LogP contribution is 2.32. The zero-order valence-corrected chi connectivity index (χ0v) is 12.7. The number of thiophene rings is 1. The molecule has 0 aliphatic rings. The predicted octanol–water partition coefficient (Wildman–Crippen LogP) is 3.86. The van der Waals surface area contributed by atoms with Crippen molar-refractivity contribution in [3.8, 4) is 0 Å². The number of anilines is 1. The first-order chi connectivity index (χ1) is 9.45. The molecule has 1 amide bonds. The molecule has 0 saturated carbocycles. The largest absolute Gasteiger partial charge is 0.478 e. The van der Waals surface area contributed by atoms with Crippen molar-refractivity contribution in [2.75, 3.05) is 5.32 Å². The van der Waals surface area contributed by atoms with Crippen LogP contribution in [0.2, 0.25) is 8.67 Å². The molecule has 2 heterocycles. The van der Waals surface area contributed by atoms with Crippen LogP contribution in [0, 0.1) is 0 Å². The number of hydrogen-bond acceptors (Lipinski definition) is 5. The van der Waals surface area contributed by atoms with E-state index in [9.17, 15) is 9.59 Å². The van der Waals surface area contributed by atoms with Crippen molar-refractivity contribution < 1.29 is 14.7 Å². The lowest BCUT2D eigenvalue weighted by atomic mass is 10.3. The monoisotopic (exact) mass is 348 g/mol. The lowest BCUT2D eigenvalue weighted by Crippen LogP contribution is -2.10. The van der Waals surface area contributed by atoms with Crippen molar-refractivity contribution in [1.82, 2.24) is 4.98 Å². The maximum Gasteiger partial charge on any atom is 0.328 e. The van der Waals surface area contributed by atoms with E-state index in [4.69, 9.17) is 28.3 Å². The molecule has 0 fully saturated rings. The number of rotatable bonds is 4. The van der Waals surface area contributed by atoms with Gasteiger partial charge < -0.3 is 5.11 Å². The fraction of sp³-hybridized carbons (Fsp3) is 0. The first-order valence-corrected chi connectivity index (χ1v) is 7.47. The molecule has 0 unspecified atom stereocenters. The van der Waals surface area contributed by atoms with Crippen LogP contribution in [0.5, 0.6) is 0 Å². The van der Waals surface area contributed by atoms with Crippen molar-refractivity contribution >= 4 is 69.0 Å². The maximum absolute atomic E-state index is 11.9. The van der Waals surface area contributed by atoms with E-state index in [1.807, 2.05) is 0 Å². The lowest BCUT2D eigenvalue weighted by molar-refractivity contribution is -0.131. The molecule has 2 aromatic rings. The van der Waals surface area contributed by atoms with E-state index in [-0.39, 0.29) is 5.56 Å². The number of carbonyl (C=O) groups excluding carboxylic acids is 1. The van der Waals surface area contributed by atoms with E-state index in [2.05, 4.69) is 10.3 Å². The standard InChI is InChI=1S/C11H6Cl2N2O3S2/c12-7-3-6(9(13)20-7)10(18)15-11-14-4-5(19-11)1-2-8(16)17/h1-4H,(H,16,17)(H,14,15,18)/b2-1+. The number of halogens is 2. The number of thiazole rings is 1. The van der Waals surface area contributed by atoms with Crippen molar-refractivity contribution in [3.05, 3.63) is 37.5 Å². The summed E-state index contributed by atoms with van der Waals surface area (Å²) in [5.41, 5.74) is 0.277. The van der Waals surface area contributed by atoms with Gasteiger partial charge in [-0.3, -0.25) is 10.1 Å². The second-order valence-electron chi connectivity index (χ2n) is 3.43. The SMILES string of the molecule is O=C(O)/C=C/c1cnc(NC(=O)c2cc(Cl)sc2Cl)s1. The normalized spacial score (nSPS) is 10.9. The summed E-state index contributed by atoms with van der Waals surface area (Å²) in [6, 6.07) is 1.47. The highest BCUT2D eigenvalue weighted by atomic mass is 35.5. The molecule has 0 bridgehead atoms. The summed E-state index contributed by atoms with van der Waals surface area (Å²) in [5.74, 6) is -1.47. The van der Waals surface area contributed by atoms with Gasteiger partial charge in [-0.05, 0) is 12.1 Å². The zero-order valence-electron chi connectivity index (χ0n) is 9.59. The molecule has 2 rings (SSSR count). The van der Waals surface area contributed by atoms with Crippen molar-refractivity contribution in [2.24, 2.45) is 0 Å². The number of carbonyl (C=O) groups is 2. The molecule has 5 nitrogen and oxygen atoms in total. The third-order valence-electron chi connectivity index (χ3n) is 2.04. The first kappa shape index (κ1) is 15.0. The number of amides is 1. The van der Waals surface area contributed by atoms with Gasteiger partial charge in [0, 0.05) is 17.2 Å². The molecule has 2 aromatic heterocycles. The quantitative estimate of drug-likeness (QED) is 0.822. The minimum atomic E-state index is -1.05. The number of carboxylic acids is 1. The summed E-state index contributed by atoms with van der Waals surface area (Å²) in [6.45, 7) is 0. The fourth-order valence-electron chi connectivity index (χ4n) is 1.23. The molecule has 0 saturated heterocycles.